The molecule has 2 aromatic rings. The Bertz CT molecular complexity index is 1080. The molecular weight excluding hydrogens is 471 g/mol. The van der Waals surface area contributed by atoms with Crippen LogP contribution < -0.4 is 4.90 Å². The van der Waals surface area contributed by atoms with E-state index in [1.54, 1.807) is 4.90 Å². The maximum atomic E-state index is 13.2. The first-order valence-corrected chi connectivity index (χ1v) is 12.5. The number of amides is 1. The lowest BCUT2D eigenvalue weighted by atomic mass is 9.92. The molecule has 2 aliphatic heterocycles. The number of nitrogens with zero attached hydrogens (tertiary/aromatic N) is 5. The number of hydrogen-bond acceptors (Lipinski definition) is 6. The quantitative estimate of drug-likeness (QED) is 0.540. The van der Waals surface area contributed by atoms with Gasteiger partial charge in [0.05, 0.1) is 11.3 Å². The topological polar surface area (TPSA) is 71.5 Å². The summed E-state index contributed by atoms with van der Waals surface area (Å²) in [5.41, 5.74) is 0.564. The van der Waals surface area contributed by atoms with E-state index in [0.29, 0.717) is 36.5 Å². The summed E-state index contributed by atoms with van der Waals surface area (Å²) >= 11 is 0. The number of anilines is 1. The molecule has 1 atom stereocenters. The highest BCUT2D eigenvalue weighted by atomic mass is 19.4. The van der Waals surface area contributed by atoms with Crippen molar-refractivity contribution in [1.82, 2.24) is 19.9 Å². The summed E-state index contributed by atoms with van der Waals surface area (Å²) in [6.07, 6.45) is 0.194. The van der Waals surface area contributed by atoms with E-state index in [1.165, 1.54) is 6.20 Å². The van der Waals surface area contributed by atoms with Crippen molar-refractivity contribution in [2.75, 3.05) is 24.5 Å². The standard InChI is InChI=1S/C26H34F3N5O2/c1-17-6-5-11-34(17)23-31-21(15-20-14-19(7-10-30-20)26(27,28)29)16-22(32-23)18-8-12-33(13-9-18)24(35)36-25(2,3)4/h7,10,14,16-18H,5-6,8-9,11-13,15H2,1-4H3/t17-/m1/s1. The first kappa shape index (κ1) is 26.2. The van der Waals surface area contributed by atoms with Gasteiger partial charge in [0.25, 0.3) is 0 Å². The van der Waals surface area contributed by atoms with Crippen LogP contribution in [0.5, 0.6) is 0 Å². The van der Waals surface area contributed by atoms with Gasteiger partial charge in [0.1, 0.15) is 5.60 Å². The second-order valence-corrected chi connectivity index (χ2v) is 10.7. The molecule has 10 heteroatoms. The zero-order chi connectivity index (χ0) is 26.1. The van der Waals surface area contributed by atoms with Gasteiger partial charge in [-0.1, -0.05) is 0 Å². The van der Waals surface area contributed by atoms with Crippen molar-refractivity contribution in [3.63, 3.8) is 0 Å². The van der Waals surface area contributed by atoms with Crippen molar-refractivity contribution < 1.29 is 22.7 Å². The second-order valence-electron chi connectivity index (χ2n) is 10.7. The molecule has 0 aromatic carbocycles. The highest BCUT2D eigenvalue weighted by molar-refractivity contribution is 5.68. The van der Waals surface area contributed by atoms with Crippen LogP contribution in [0.3, 0.4) is 0 Å². The summed E-state index contributed by atoms with van der Waals surface area (Å²) in [6, 6.07) is 4.25. The number of halogens is 3. The largest absolute Gasteiger partial charge is 0.444 e. The number of pyridine rings is 1. The summed E-state index contributed by atoms with van der Waals surface area (Å²) < 4.78 is 45.1. The van der Waals surface area contributed by atoms with Crippen LogP contribution in [0.2, 0.25) is 0 Å². The monoisotopic (exact) mass is 505 g/mol. The molecule has 0 N–H and O–H groups in total. The first-order chi connectivity index (χ1) is 16.9. The average Bonchev–Trinajstić information content (AvgIpc) is 3.23. The molecule has 2 aromatic heterocycles. The van der Waals surface area contributed by atoms with Gasteiger partial charge >= 0.3 is 12.3 Å². The Hall–Kier alpha value is -2.91. The Morgan fingerprint density at radius 1 is 1.06 bits per heavy atom. The van der Waals surface area contributed by atoms with Gasteiger partial charge in [-0.15, -0.1) is 0 Å². The molecule has 4 heterocycles. The number of ether oxygens (including phenoxy) is 1. The van der Waals surface area contributed by atoms with Crippen molar-refractivity contribution in [2.24, 2.45) is 0 Å². The van der Waals surface area contributed by atoms with E-state index in [4.69, 9.17) is 14.7 Å². The number of alkyl halides is 3. The lowest BCUT2D eigenvalue weighted by Crippen LogP contribution is -2.41. The second kappa shape index (κ2) is 10.2. The normalized spacial score (nSPS) is 19.6. The van der Waals surface area contributed by atoms with E-state index >= 15 is 0 Å². The van der Waals surface area contributed by atoms with E-state index in [2.05, 4.69) is 16.8 Å². The molecule has 2 aliphatic rings. The Kier molecular flexibility index (Phi) is 7.43. The summed E-state index contributed by atoms with van der Waals surface area (Å²) in [7, 11) is 0. The SMILES string of the molecule is C[C@@H]1CCCN1c1nc(Cc2cc(C(F)(F)F)ccn2)cc(C2CCN(C(=O)OC(C)(C)C)CC2)n1. The fourth-order valence-corrected chi connectivity index (χ4v) is 4.78. The maximum Gasteiger partial charge on any atom is 0.416 e. The number of likely N-dealkylation sites (tertiary alicyclic amines) is 1. The molecule has 0 saturated carbocycles. The lowest BCUT2D eigenvalue weighted by Gasteiger charge is -2.33. The van der Waals surface area contributed by atoms with Crippen LogP contribution in [0.1, 0.15) is 81.9 Å². The molecule has 4 rings (SSSR count). The molecule has 2 fully saturated rings. The molecule has 0 aliphatic carbocycles. The summed E-state index contributed by atoms with van der Waals surface area (Å²) in [5.74, 6) is 0.741. The highest BCUT2D eigenvalue weighted by Gasteiger charge is 2.32. The molecule has 0 bridgehead atoms. The third-order valence-electron chi connectivity index (χ3n) is 6.67. The molecule has 0 radical (unpaired) electrons. The average molecular weight is 506 g/mol. The summed E-state index contributed by atoms with van der Waals surface area (Å²) in [6.45, 7) is 9.65. The minimum Gasteiger partial charge on any atom is -0.444 e. The number of piperidine rings is 1. The molecular formula is C26H34F3N5O2. The third-order valence-corrected chi connectivity index (χ3v) is 6.67. The van der Waals surface area contributed by atoms with Crippen LogP contribution in [-0.2, 0) is 17.3 Å². The van der Waals surface area contributed by atoms with Crippen LogP contribution >= 0.6 is 0 Å². The minimum absolute atomic E-state index is 0.122. The van der Waals surface area contributed by atoms with Crippen molar-refractivity contribution >= 4 is 12.0 Å². The van der Waals surface area contributed by atoms with Gasteiger partial charge in [-0.25, -0.2) is 14.8 Å². The van der Waals surface area contributed by atoms with Crippen molar-refractivity contribution in [1.29, 1.82) is 0 Å². The fourth-order valence-electron chi connectivity index (χ4n) is 4.78. The van der Waals surface area contributed by atoms with Crippen LogP contribution in [0.25, 0.3) is 0 Å². The molecule has 7 nitrogen and oxygen atoms in total. The van der Waals surface area contributed by atoms with E-state index in [-0.39, 0.29) is 18.4 Å². The number of carbonyl (C=O) groups excluding carboxylic acids is 1. The minimum atomic E-state index is -4.42. The lowest BCUT2D eigenvalue weighted by molar-refractivity contribution is -0.137. The number of rotatable bonds is 4. The summed E-state index contributed by atoms with van der Waals surface area (Å²) in [4.78, 5) is 30.1. The van der Waals surface area contributed by atoms with Gasteiger partial charge in [-0.3, -0.25) is 4.98 Å². The van der Waals surface area contributed by atoms with Crippen molar-refractivity contribution in [3.8, 4) is 0 Å². The zero-order valence-electron chi connectivity index (χ0n) is 21.3. The number of carbonyl (C=O) groups is 1. The van der Waals surface area contributed by atoms with Gasteiger partial charge in [0, 0.05) is 55.6 Å². The third kappa shape index (κ3) is 6.44. The van der Waals surface area contributed by atoms with Gasteiger partial charge in [-0.05, 0) is 71.6 Å². The van der Waals surface area contributed by atoms with E-state index in [1.807, 2.05) is 26.8 Å². The van der Waals surface area contributed by atoms with Crippen LogP contribution in [0.4, 0.5) is 23.9 Å². The van der Waals surface area contributed by atoms with Crippen molar-refractivity contribution in [3.05, 3.63) is 47.0 Å². The molecule has 0 spiro atoms. The maximum absolute atomic E-state index is 13.2. The molecule has 36 heavy (non-hydrogen) atoms. The smallest absolute Gasteiger partial charge is 0.416 e. The first-order valence-electron chi connectivity index (χ1n) is 12.5. The molecule has 196 valence electrons. The molecule has 0 unspecified atom stereocenters. The van der Waals surface area contributed by atoms with E-state index in [9.17, 15) is 18.0 Å². The predicted molar refractivity (Wildman–Crippen MR) is 130 cm³/mol. The molecule has 1 amide bonds. The van der Waals surface area contributed by atoms with Crippen LogP contribution in [0, 0.1) is 0 Å². The Balaban J connectivity index is 1.56. The summed E-state index contributed by atoms with van der Waals surface area (Å²) in [5, 5.41) is 0. The predicted octanol–water partition coefficient (Wildman–Crippen LogP) is 5.58. The van der Waals surface area contributed by atoms with Crippen LogP contribution in [0.15, 0.2) is 24.4 Å². The van der Waals surface area contributed by atoms with Crippen molar-refractivity contribution in [2.45, 2.75) is 83.5 Å². The van der Waals surface area contributed by atoms with Gasteiger partial charge in [-0.2, -0.15) is 13.2 Å². The molecule has 2 saturated heterocycles. The van der Waals surface area contributed by atoms with Crippen LogP contribution in [-0.4, -0.2) is 57.2 Å². The van der Waals surface area contributed by atoms with Gasteiger partial charge in [0.2, 0.25) is 5.95 Å². The Labute approximate surface area is 210 Å². The van der Waals surface area contributed by atoms with Gasteiger partial charge < -0.3 is 14.5 Å². The Morgan fingerprint density at radius 3 is 2.39 bits per heavy atom. The number of hydrogen-bond donors (Lipinski definition) is 0. The van der Waals surface area contributed by atoms with E-state index in [0.717, 1.165) is 50.1 Å². The number of aromatic nitrogens is 3. The zero-order valence-corrected chi connectivity index (χ0v) is 21.3. The fraction of sp³-hybridized carbons (Fsp3) is 0.615. The van der Waals surface area contributed by atoms with Gasteiger partial charge in [0.15, 0.2) is 0 Å². The van der Waals surface area contributed by atoms with E-state index < -0.39 is 17.3 Å². The Morgan fingerprint density at radius 2 is 1.78 bits per heavy atom. The highest BCUT2D eigenvalue weighted by Crippen LogP contribution is 2.32.